The van der Waals surface area contributed by atoms with Crippen LogP contribution in [0, 0.1) is 0 Å². The third-order valence-corrected chi connectivity index (χ3v) is 3.57. The van der Waals surface area contributed by atoms with Gasteiger partial charge in [-0.15, -0.1) is 0 Å². The molecule has 0 saturated carbocycles. The van der Waals surface area contributed by atoms with Crippen LogP contribution >= 0.6 is 0 Å². The molecule has 1 N–H and O–H groups in total. The van der Waals surface area contributed by atoms with E-state index in [1.807, 2.05) is 11.0 Å². The summed E-state index contributed by atoms with van der Waals surface area (Å²) in [5, 5.41) is 8.94. The van der Waals surface area contributed by atoms with Gasteiger partial charge in [0, 0.05) is 26.2 Å². The van der Waals surface area contributed by atoms with Gasteiger partial charge in [-0.25, -0.2) is 9.59 Å². The Kier molecular flexibility index (Phi) is 2.47. The Morgan fingerprint density at radius 1 is 1.06 bits per heavy atom. The maximum absolute atomic E-state index is 12.1. The largest absolute Gasteiger partial charge is 0.478 e. The molecule has 0 unspecified atom stereocenters. The van der Waals surface area contributed by atoms with Crippen LogP contribution < -0.4 is 0 Å². The summed E-state index contributed by atoms with van der Waals surface area (Å²) in [5.41, 5.74) is 2.28. The van der Waals surface area contributed by atoms with Crippen LogP contribution in [-0.4, -0.2) is 40.0 Å². The average Bonchev–Trinajstić information content (AvgIpc) is 2.68. The van der Waals surface area contributed by atoms with Crippen LogP contribution in [0.25, 0.3) is 0 Å². The van der Waals surface area contributed by atoms with Crippen LogP contribution in [0.2, 0.25) is 0 Å². The van der Waals surface area contributed by atoms with E-state index in [1.54, 1.807) is 17.0 Å². The van der Waals surface area contributed by atoms with Crippen LogP contribution in [0.15, 0.2) is 18.2 Å². The summed E-state index contributed by atoms with van der Waals surface area (Å²) in [4.78, 5) is 26.5. The predicted molar refractivity (Wildman–Crippen MR) is 64.2 cm³/mol. The molecule has 0 aromatic heterocycles. The molecule has 2 amide bonds. The van der Waals surface area contributed by atoms with Gasteiger partial charge in [0.1, 0.15) is 0 Å². The van der Waals surface area contributed by atoms with Gasteiger partial charge in [-0.3, -0.25) is 0 Å². The number of benzene rings is 1. The fourth-order valence-corrected chi connectivity index (χ4v) is 2.37. The van der Waals surface area contributed by atoms with E-state index in [-0.39, 0.29) is 11.6 Å². The van der Waals surface area contributed by atoms with Gasteiger partial charge < -0.3 is 14.9 Å². The monoisotopic (exact) mass is 246 g/mol. The summed E-state index contributed by atoms with van der Waals surface area (Å²) < 4.78 is 0. The number of nitrogens with zero attached hydrogens (tertiary/aromatic N) is 2. The van der Waals surface area contributed by atoms with Crippen molar-refractivity contribution < 1.29 is 14.7 Å². The van der Waals surface area contributed by atoms with Gasteiger partial charge in [-0.2, -0.15) is 0 Å². The first-order chi connectivity index (χ1) is 8.65. The molecule has 1 aromatic carbocycles. The first-order valence-corrected chi connectivity index (χ1v) is 6.04. The van der Waals surface area contributed by atoms with Crippen LogP contribution in [0.5, 0.6) is 0 Å². The van der Waals surface area contributed by atoms with Crippen LogP contribution in [-0.2, 0) is 13.1 Å². The van der Waals surface area contributed by atoms with E-state index in [9.17, 15) is 9.59 Å². The lowest BCUT2D eigenvalue weighted by Crippen LogP contribution is -2.47. The topological polar surface area (TPSA) is 60.9 Å². The highest BCUT2D eigenvalue weighted by atomic mass is 16.4. The third-order valence-electron chi connectivity index (χ3n) is 3.57. The molecular weight excluding hydrogens is 232 g/mol. The second kappa shape index (κ2) is 4.01. The van der Waals surface area contributed by atoms with Gasteiger partial charge in [-0.05, 0) is 29.7 Å². The summed E-state index contributed by atoms with van der Waals surface area (Å²) in [6.45, 7) is 2.79. The zero-order chi connectivity index (χ0) is 12.7. The highest BCUT2D eigenvalue weighted by Gasteiger charge is 2.30. The first-order valence-electron chi connectivity index (χ1n) is 6.04. The van der Waals surface area contributed by atoms with Gasteiger partial charge in [0.2, 0.25) is 0 Å². The molecule has 1 saturated heterocycles. The molecule has 0 radical (unpaired) electrons. The molecule has 2 heterocycles. The van der Waals surface area contributed by atoms with E-state index in [1.165, 1.54) is 0 Å². The fraction of sp³-hybridized carbons (Fsp3) is 0.385. The number of likely N-dealkylation sites (tertiary alicyclic amines) is 1. The van der Waals surface area contributed by atoms with Crippen molar-refractivity contribution in [3.63, 3.8) is 0 Å². The Balaban J connectivity index is 1.78. The molecule has 0 bridgehead atoms. The molecule has 3 rings (SSSR count). The number of urea groups is 1. The highest BCUT2D eigenvalue weighted by molar-refractivity contribution is 5.88. The maximum atomic E-state index is 12.1. The van der Waals surface area contributed by atoms with Gasteiger partial charge >= 0.3 is 12.0 Å². The summed E-state index contributed by atoms with van der Waals surface area (Å²) in [5.74, 6) is -0.926. The standard InChI is InChI=1S/C13H14N2O3/c16-12(17)9-2-3-10-7-15(8-11(10)6-9)13(18)14-4-1-5-14/h2-3,6H,1,4-5,7-8H2,(H,16,17). The lowest BCUT2D eigenvalue weighted by molar-refractivity contribution is 0.0696. The van der Waals surface area contributed by atoms with Crippen molar-refractivity contribution in [2.24, 2.45) is 0 Å². The highest BCUT2D eigenvalue weighted by Crippen LogP contribution is 2.25. The molecule has 2 aliphatic rings. The number of rotatable bonds is 1. The Bertz CT molecular complexity index is 523. The fourth-order valence-electron chi connectivity index (χ4n) is 2.37. The van der Waals surface area contributed by atoms with E-state index < -0.39 is 5.97 Å². The molecule has 1 fully saturated rings. The van der Waals surface area contributed by atoms with E-state index in [2.05, 4.69) is 0 Å². The van der Waals surface area contributed by atoms with E-state index in [4.69, 9.17) is 5.11 Å². The SMILES string of the molecule is O=C(O)c1ccc2c(c1)CN(C(=O)N1CCC1)C2. The number of carboxylic acids is 1. The Morgan fingerprint density at radius 2 is 1.78 bits per heavy atom. The average molecular weight is 246 g/mol. The summed E-state index contributed by atoms with van der Waals surface area (Å²) in [7, 11) is 0. The van der Waals surface area contributed by atoms with Crippen LogP contribution in [0.4, 0.5) is 4.79 Å². The lowest BCUT2D eigenvalue weighted by atomic mass is 10.1. The predicted octanol–water partition coefficient (Wildman–Crippen LogP) is 1.53. The molecule has 18 heavy (non-hydrogen) atoms. The van der Waals surface area contributed by atoms with E-state index in [0.29, 0.717) is 13.1 Å². The number of hydrogen-bond acceptors (Lipinski definition) is 2. The van der Waals surface area contributed by atoms with E-state index >= 15 is 0 Å². The minimum atomic E-state index is -0.926. The number of aromatic carboxylic acids is 1. The number of amides is 2. The van der Waals surface area contributed by atoms with Crippen molar-refractivity contribution in [3.8, 4) is 0 Å². The van der Waals surface area contributed by atoms with Gasteiger partial charge in [-0.1, -0.05) is 6.07 Å². The minimum absolute atomic E-state index is 0.0642. The summed E-state index contributed by atoms with van der Waals surface area (Å²) in [6.07, 6.45) is 1.08. The number of hydrogen-bond donors (Lipinski definition) is 1. The minimum Gasteiger partial charge on any atom is -0.478 e. The van der Waals surface area contributed by atoms with Gasteiger partial charge in [0.15, 0.2) is 0 Å². The molecule has 94 valence electrons. The summed E-state index contributed by atoms with van der Waals surface area (Å²) >= 11 is 0. The van der Waals surface area contributed by atoms with Crippen molar-refractivity contribution >= 4 is 12.0 Å². The molecule has 1 aromatic rings. The Morgan fingerprint density at radius 3 is 2.39 bits per heavy atom. The Hall–Kier alpha value is -2.04. The zero-order valence-electron chi connectivity index (χ0n) is 9.93. The van der Waals surface area contributed by atoms with Crippen molar-refractivity contribution in [1.82, 2.24) is 9.80 Å². The summed E-state index contributed by atoms with van der Waals surface area (Å²) in [6, 6.07) is 5.14. The number of carbonyl (C=O) groups excluding carboxylic acids is 1. The lowest BCUT2D eigenvalue weighted by Gasteiger charge is -2.34. The van der Waals surface area contributed by atoms with E-state index in [0.717, 1.165) is 30.6 Å². The van der Waals surface area contributed by atoms with Gasteiger partial charge in [0.05, 0.1) is 5.56 Å². The Labute approximate surface area is 105 Å². The van der Waals surface area contributed by atoms with Crippen molar-refractivity contribution in [1.29, 1.82) is 0 Å². The van der Waals surface area contributed by atoms with Crippen molar-refractivity contribution in [2.75, 3.05) is 13.1 Å². The number of carbonyl (C=O) groups is 2. The first kappa shape index (κ1) is 11.1. The van der Waals surface area contributed by atoms with Crippen molar-refractivity contribution in [2.45, 2.75) is 19.5 Å². The molecule has 0 spiro atoms. The quantitative estimate of drug-likeness (QED) is 0.817. The molecule has 2 aliphatic heterocycles. The third kappa shape index (κ3) is 1.72. The van der Waals surface area contributed by atoms with Crippen LogP contribution in [0.1, 0.15) is 27.9 Å². The van der Waals surface area contributed by atoms with Crippen molar-refractivity contribution in [3.05, 3.63) is 34.9 Å². The smallest absolute Gasteiger partial charge is 0.335 e. The maximum Gasteiger partial charge on any atom is 0.335 e. The van der Waals surface area contributed by atoms with Crippen LogP contribution in [0.3, 0.4) is 0 Å². The molecule has 0 atom stereocenters. The molecular formula is C13H14N2O3. The number of fused-ring (bicyclic) bond motifs is 1. The van der Waals surface area contributed by atoms with Gasteiger partial charge in [0.25, 0.3) is 0 Å². The zero-order valence-corrected chi connectivity index (χ0v) is 9.93. The molecule has 0 aliphatic carbocycles. The molecule has 5 nitrogen and oxygen atoms in total. The second-order valence-corrected chi connectivity index (χ2v) is 4.77. The second-order valence-electron chi connectivity index (χ2n) is 4.77. The number of carboxylic acid groups (broad SMARTS) is 1. The normalized spacial score (nSPS) is 17.3. The molecule has 5 heteroatoms.